The van der Waals surface area contributed by atoms with E-state index in [1.54, 1.807) is 42.5 Å². The van der Waals surface area contributed by atoms with Crippen LogP contribution in [0.25, 0.3) is 11.4 Å². The van der Waals surface area contributed by atoms with Crippen LogP contribution < -0.4 is 5.32 Å². The normalized spacial score (nSPS) is 10.6. The van der Waals surface area contributed by atoms with Crippen molar-refractivity contribution in [3.8, 4) is 11.4 Å². The van der Waals surface area contributed by atoms with E-state index in [2.05, 4.69) is 22.1 Å². The topological polar surface area (TPSA) is 59.8 Å². The fraction of sp³-hybridized carbons (Fsp3) is 0.105. The van der Waals surface area contributed by atoms with E-state index in [1.807, 2.05) is 4.57 Å². The lowest BCUT2D eigenvalue weighted by Gasteiger charge is -2.08. The second kappa shape index (κ2) is 8.83. The van der Waals surface area contributed by atoms with E-state index < -0.39 is 0 Å². The third-order valence-electron chi connectivity index (χ3n) is 3.59. The molecule has 3 aromatic rings. The van der Waals surface area contributed by atoms with Gasteiger partial charge in [0.1, 0.15) is 5.82 Å². The molecule has 2 aromatic carbocycles. The van der Waals surface area contributed by atoms with Crippen LogP contribution in [0.15, 0.2) is 66.3 Å². The lowest BCUT2D eigenvalue weighted by Crippen LogP contribution is -2.14. The fourth-order valence-corrected chi connectivity index (χ4v) is 3.24. The number of benzene rings is 2. The predicted molar refractivity (Wildman–Crippen MR) is 106 cm³/mol. The van der Waals surface area contributed by atoms with Gasteiger partial charge in [-0.25, -0.2) is 4.39 Å². The SMILES string of the molecule is C=CCn1c(SCC(=O)Nc2ccc(Cl)cc2)nnc1-c1ccc(F)cc1. The Bertz CT molecular complexity index is 941. The number of anilines is 1. The number of aromatic nitrogens is 3. The highest BCUT2D eigenvalue weighted by molar-refractivity contribution is 7.99. The molecule has 5 nitrogen and oxygen atoms in total. The Hall–Kier alpha value is -2.64. The summed E-state index contributed by atoms with van der Waals surface area (Å²) in [7, 11) is 0. The monoisotopic (exact) mass is 402 g/mol. The minimum atomic E-state index is -0.318. The predicted octanol–water partition coefficient (Wildman–Crippen LogP) is 4.65. The molecule has 8 heteroatoms. The maximum absolute atomic E-state index is 13.2. The quantitative estimate of drug-likeness (QED) is 0.461. The van der Waals surface area contributed by atoms with Crippen molar-refractivity contribution in [2.45, 2.75) is 11.7 Å². The summed E-state index contributed by atoms with van der Waals surface area (Å²) in [6.45, 7) is 4.22. The van der Waals surface area contributed by atoms with E-state index in [4.69, 9.17) is 11.6 Å². The molecular formula is C19H16ClFN4OS. The Labute approximate surface area is 165 Å². The number of nitrogens with zero attached hydrogens (tertiary/aromatic N) is 3. The maximum Gasteiger partial charge on any atom is 0.234 e. The number of carbonyl (C=O) groups excluding carboxylic acids is 1. The Kier molecular flexibility index (Phi) is 6.26. The second-order valence-corrected chi connectivity index (χ2v) is 6.94. The summed E-state index contributed by atoms with van der Waals surface area (Å²) < 4.78 is 15.0. The van der Waals surface area contributed by atoms with Gasteiger partial charge in [-0.15, -0.1) is 16.8 Å². The lowest BCUT2D eigenvalue weighted by molar-refractivity contribution is -0.113. The zero-order chi connectivity index (χ0) is 19.2. The van der Waals surface area contributed by atoms with Crippen LogP contribution in [0.5, 0.6) is 0 Å². The van der Waals surface area contributed by atoms with Gasteiger partial charge in [-0.1, -0.05) is 29.4 Å². The highest BCUT2D eigenvalue weighted by Gasteiger charge is 2.15. The van der Waals surface area contributed by atoms with Crippen LogP contribution in [0.4, 0.5) is 10.1 Å². The molecule has 0 fully saturated rings. The molecule has 27 heavy (non-hydrogen) atoms. The first-order chi connectivity index (χ1) is 13.1. The van der Waals surface area contributed by atoms with Crippen LogP contribution in [-0.2, 0) is 11.3 Å². The number of halogens is 2. The van der Waals surface area contributed by atoms with Gasteiger partial charge >= 0.3 is 0 Å². The summed E-state index contributed by atoms with van der Waals surface area (Å²) >= 11 is 7.10. The third kappa shape index (κ3) is 4.96. The first kappa shape index (κ1) is 19.1. The third-order valence-corrected chi connectivity index (χ3v) is 4.81. The molecule has 0 aliphatic rings. The Balaban J connectivity index is 1.70. The van der Waals surface area contributed by atoms with Gasteiger partial charge in [-0.3, -0.25) is 9.36 Å². The summed E-state index contributed by atoms with van der Waals surface area (Å²) in [5, 5.41) is 12.3. The number of nitrogens with one attached hydrogen (secondary N) is 1. The summed E-state index contributed by atoms with van der Waals surface area (Å²) in [5.74, 6) is 0.276. The van der Waals surface area contributed by atoms with E-state index in [9.17, 15) is 9.18 Å². The molecule has 0 radical (unpaired) electrons. The van der Waals surface area contributed by atoms with Crippen LogP contribution >= 0.6 is 23.4 Å². The van der Waals surface area contributed by atoms with E-state index in [0.29, 0.717) is 28.2 Å². The van der Waals surface area contributed by atoms with Crippen molar-refractivity contribution in [3.63, 3.8) is 0 Å². The number of thioether (sulfide) groups is 1. The van der Waals surface area contributed by atoms with Crippen LogP contribution in [-0.4, -0.2) is 26.4 Å². The molecule has 0 unspecified atom stereocenters. The number of hydrogen-bond acceptors (Lipinski definition) is 4. The molecule has 0 spiro atoms. The van der Waals surface area contributed by atoms with Crippen LogP contribution in [0.2, 0.25) is 5.02 Å². The van der Waals surface area contributed by atoms with Crippen molar-refractivity contribution in [2.24, 2.45) is 0 Å². The van der Waals surface area contributed by atoms with E-state index in [1.165, 1.54) is 23.9 Å². The minimum Gasteiger partial charge on any atom is -0.325 e. The fourth-order valence-electron chi connectivity index (χ4n) is 2.36. The Morgan fingerprint density at radius 1 is 1.19 bits per heavy atom. The van der Waals surface area contributed by atoms with Gasteiger partial charge < -0.3 is 5.32 Å². The molecule has 3 rings (SSSR count). The molecule has 1 amide bonds. The van der Waals surface area contributed by atoms with Gasteiger partial charge in [0.2, 0.25) is 5.91 Å². The van der Waals surface area contributed by atoms with Crippen LogP contribution in [0, 0.1) is 5.82 Å². The maximum atomic E-state index is 13.2. The number of allylic oxidation sites excluding steroid dienone is 1. The summed E-state index contributed by atoms with van der Waals surface area (Å²) in [4.78, 5) is 12.2. The molecule has 0 aliphatic carbocycles. The lowest BCUT2D eigenvalue weighted by atomic mass is 10.2. The van der Waals surface area contributed by atoms with Crippen molar-refractivity contribution in [3.05, 3.63) is 72.0 Å². The molecule has 1 heterocycles. The van der Waals surface area contributed by atoms with Crippen molar-refractivity contribution >= 4 is 35.0 Å². The van der Waals surface area contributed by atoms with Crippen molar-refractivity contribution in [1.82, 2.24) is 14.8 Å². The van der Waals surface area contributed by atoms with Gasteiger partial charge in [0, 0.05) is 22.8 Å². The first-order valence-corrected chi connectivity index (χ1v) is 9.41. The molecule has 1 N–H and O–H groups in total. The smallest absolute Gasteiger partial charge is 0.234 e. The number of amides is 1. The molecule has 0 atom stereocenters. The van der Waals surface area contributed by atoms with Crippen LogP contribution in [0.3, 0.4) is 0 Å². The highest BCUT2D eigenvalue weighted by Crippen LogP contribution is 2.24. The van der Waals surface area contributed by atoms with Crippen molar-refractivity contribution in [2.75, 3.05) is 11.1 Å². The van der Waals surface area contributed by atoms with Gasteiger partial charge in [0.15, 0.2) is 11.0 Å². The first-order valence-electron chi connectivity index (χ1n) is 8.05. The van der Waals surface area contributed by atoms with Crippen molar-refractivity contribution < 1.29 is 9.18 Å². The average Bonchev–Trinajstić information content (AvgIpc) is 3.06. The van der Waals surface area contributed by atoms with Gasteiger partial charge in [0.25, 0.3) is 0 Å². The zero-order valence-electron chi connectivity index (χ0n) is 14.2. The minimum absolute atomic E-state index is 0.168. The zero-order valence-corrected chi connectivity index (χ0v) is 15.8. The van der Waals surface area contributed by atoms with Gasteiger partial charge in [-0.2, -0.15) is 0 Å². The molecule has 138 valence electrons. The van der Waals surface area contributed by atoms with Crippen molar-refractivity contribution in [1.29, 1.82) is 0 Å². The average molecular weight is 403 g/mol. The largest absolute Gasteiger partial charge is 0.325 e. The summed E-state index contributed by atoms with van der Waals surface area (Å²) in [5.41, 5.74) is 1.41. The molecule has 0 saturated carbocycles. The van der Waals surface area contributed by atoms with Gasteiger partial charge in [0.05, 0.1) is 5.75 Å². The Morgan fingerprint density at radius 2 is 1.89 bits per heavy atom. The molecule has 0 bridgehead atoms. The molecular weight excluding hydrogens is 387 g/mol. The molecule has 1 aromatic heterocycles. The molecule has 0 aliphatic heterocycles. The van der Waals surface area contributed by atoms with E-state index in [0.717, 1.165) is 5.56 Å². The summed E-state index contributed by atoms with van der Waals surface area (Å²) in [6.07, 6.45) is 1.72. The Morgan fingerprint density at radius 3 is 2.56 bits per heavy atom. The van der Waals surface area contributed by atoms with E-state index in [-0.39, 0.29) is 17.5 Å². The molecule has 0 saturated heterocycles. The number of carbonyl (C=O) groups is 1. The van der Waals surface area contributed by atoms with Gasteiger partial charge in [-0.05, 0) is 48.5 Å². The number of hydrogen-bond donors (Lipinski definition) is 1. The number of rotatable bonds is 7. The van der Waals surface area contributed by atoms with E-state index >= 15 is 0 Å². The summed E-state index contributed by atoms with van der Waals surface area (Å²) in [6, 6.07) is 12.9. The second-order valence-electron chi connectivity index (χ2n) is 5.56. The highest BCUT2D eigenvalue weighted by atomic mass is 35.5. The van der Waals surface area contributed by atoms with Crippen LogP contribution in [0.1, 0.15) is 0 Å². The standard InChI is InChI=1S/C19H16ClFN4OS/c1-2-11-25-18(13-3-7-15(21)8-4-13)23-24-19(25)27-12-17(26)22-16-9-5-14(20)6-10-16/h2-10H,1,11-12H2,(H,22,26).